The monoisotopic (exact) mass is 203 g/mol. The van der Waals surface area contributed by atoms with Gasteiger partial charge in [0.2, 0.25) is 11.8 Å². The Hall–Kier alpha value is -1.84. The highest BCUT2D eigenvalue weighted by atomic mass is 16.3. The van der Waals surface area contributed by atoms with Gasteiger partial charge >= 0.3 is 0 Å². The summed E-state index contributed by atoms with van der Waals surface area (Å²) in [6.45, 7) is 1.83. The summed E-state index contributed by atoms with van der Waals surface area (Å²) in [5, 5.41) is 2.33. The predicted molar refractivity (Wildman–Crippen MR) is 51.9 cm³/mol. The Labute approximate surface area is 86.0 Å². The van der Waals surface area contributed by atoms with Crippen LogP contribution in [0.4, 0.5) is 0 Å². The summed E-state index contributed by atoms with van der Waals surface area (Å²) >= 11 is 0. The number of amides is 2. The van der Waals surface area contributed by atoms with Crippen LogP contribution < -0.4 is 5.32 Å². The van der Waals surface area contributed by atoms with Crippen molar-refractivity contribution in [3.63, 3.8) is 0 Å². The lowest BCUT2D eigenvalue weighted by atomic mass is 9.82. The number of fused-ring (bicyclic) bond motifs is 2. The quantitative estimate of drug-likeness (QED) is 0.637. The van der Waals surface area contributed by atoms with Crippen molar-refractivity contribution in [1.82, 2.24) is 5.32 Å². The maximum Gasteiger partial charge on any atom is 0.241 e. The Morgan fingerprint density at radius 2 is 2.27 bits per heavy atom. The van der Waals surface area contributed by atoms with Gasteiger partial charge in [0.05, 0.1) is 0 Å². The number of carbonyl (C=O) groups is 2. The molecule has 2 heterocycles. The fourth-order valence-electron chi connectivity index (χ4n) is 2.28. The van der Waals surface area contributed by atoms with Crippen LogP contribution in [0.1, 0.15) is 23.5 Å². The molecule has 1 atom stereocenters. The fourth-order valence-corrected chi connectivity index (χ4v) is 2.28. The van der Waals surface area contributed by atoms with E-state index in [1.54, 1.807) is 12.2 Å². The number of rotatable bonds is 0. The summed E-state index contributed by atoms with van der Waals surface area (Å²) in [5.74, 6) is 0.980. The van der Waals surface area contributed by atoms with Gasteiger partial charge in [-0.1, -0.05) is 6.08 Å². The number of carbonyl (C=O) groups excluding carboxylic acids is 2. The molecule has 2 aliphatic rings. The Kier molecular flexibility index (Phi) is 1.35. The van der Waals surface area contributed by atoms with Gasteiger partial charge in [-0.25, -0.2) is 0 Å². The molecule has 1 aliphatic heterocycles. The second-order valence-corrected chi connectivity index (χ2v) is 3.99. The molecular weight excluding hydrogens is 194 g/mol. The third kappa shape index (κ3) is 0.909. The highest BCUT2D eigenvalue weighted by Gasteiger charge is 2.50. The first kappa shape index (κ1) is 8.47. The van der Waals surface area contributed by atoms with Gasteiger partial charge in [-0.15, -0.1) is 0 Å². The summed E-state index contributed by atoms with van der Waals surface area (Å²) in [6.07, 6.45) is 3.70. The van der Waals surface area contributed by atoms with Gasteiger partial charge in [-0.3, -0.25) is 14.9 Å². The zero-order valence-corrected chi connectivity index (χ0v) is 8.16. The van der Waals surface area contributed by atoms with Crippen molar-refractivity contribution in [2.75, 3.05) is 0 Å². The summed E-state index contributed by atoms with van der Waals surface area (Å²) in [6, 6.07) is 1.83. The largest absolute Gasteiger partial charge is 0.462 e. The molecule has 1 aliphatic carbocycles. The lowest BCUT2D eigenvalue weighted by Gasteiger charge is -2.15. The smallest absolute Gasteiger partial charge is 0.241 e. The first-order chi connectivity index (χ1) is 7.12. The minimum Gasteiger partial charge on any atom is -0.462 e. The van der Waals surface area contributed by atoms with E-state index in [4.69, 9.17) is 4.42 Å². The zero-order valence-electron chi connectivity index (χ0n) is 8.16. The normalized spacial score (nSPS) is 27.5. The minimum atomic E-state index is -0.801. The molecule has 0 radical (unpaired) electrons. The van der Waals surface area contributed by atoms with E-state index in [-0.39, 0.29) is 18.2 Å². The number of furan rings is 1. The number of hydrogen-bond acceptors (Lipinski definition) is 3. The second kappa shape index (κ2) is 2.39. The molecule has 3 rings (SSSR count). The predicted octanol–water partition coefficient (Wildman–Crippen LogP) is 0.899. The summed E-state index contributed by atoms with van der Waals surface area (Å²) in [5.41, 5.74) is 0.00725. The van der Waals surface area contributed by atoms with E-state index in [1.165, 1.54) is 0 Å². The maximum absolute atomic E-state index is 11.8. The molecule has 0 aromatic carbocycles. The summed E-state index contributed by atoms with van der Waals surface area (Å²) in [4.78, 5) is 23.0. The van der Waals surface area contributed by atoms with Crippen LogP contribution in [-0.4, -0.2) is 11.8 Å². The number of imide groups is 1. The molecule has 4 heteroatoms. The van der Waals surface area contributed by atoms with Gasteiger partial charge < -0.3 is 4.42 Å². The fraction of sp³-hybridized carbons (Fsp3) is 0.273. The standard InChI is InChI=1S/C11H9NO3/c1-6-4-7-8(15-6)2-3-11(7)5-9(13)12-10(11)14/h2-4H,5H2,1H3,(H,12,13,14). The van der Waals surface area contributed by atoms with Crippen LogP contribution in [0.2, 0.25) is 0 Å². The molecule has 1 spiro atoms. The van der Waals surface area contributed by atoms with Crippen LogP contribution in [0.5, 0.6) is 0 Å². The highest BCUT2D eigenvalue weighted by Crippen LogP contribution is 2.42. The molecule has 76 valence electrons. The van der Waals surface area contributed by atoms with Crippen LogP contribution in [-0.2, 0) is 15.0 Å². The van der Waals surface area contributed by atoms with Crippen molar-refractivity contribution in [2.45, 2.75) is 18.8 Å². The average Bonchev–Trinajstić information content (AvgIpc) is 2.73. The van der Waals surface area contributed by atoms with Gasteiger partial charge in [0.15, 0.2) is 0 Å². The van der Waals surface area contributed by atoms with Crippen LogP contribution in [0.25, 0.3) is 6.08 Å². The average molecular weight is 203 g/mol. The van der Waals surface area contributed by atoms with E-state index >= 15 is 0 Å². The van der Waals surface area contributed by atoms with E-state index in [0.717, 1.165) is 11.3 Å². The Balaban J connectivity index is 2.20. The van der Waals surface area contributed by atoms with Gasteiger partial charge in [-0.05, 0) is 19.1 Å². The van der Waals surface area contributed by atoms with Gasteiger partial charge in [-0.2, -0.15) is 0 Å². The van der Waals surface area contributed by atoms with Crippen LogP contribution >= 0.6 is 0 Å². The number of aryl methyl sites for hydroxylation is 1. The lowest BCUT2D eigenvalue weighted by molar-refractivity contribution is -0.125. The minimum absolute atomic E-state index is 0.189. The van der Waals surface area contributed by atoms with Crippen molar-refractivity contribution in [3.8, 4) is 0 Å². The number of nitrogens with one attached hydrogen (secondary N) is 1. The second-order valence-electron chi connectivity index (χ2n) is 3.99. The first-order valence-electron chi connectivity index (χ1n) is 4.76. The first-order valence-corrected chi connectivity index (χ1v) is 4.76. The van der Waals surface area contributed by atoms with E-state index in [0.29, 0.717) is 5.76 Å². The van der Waals surface area contributed by atoms with Gasteiger partial charge in [0.1, 0.15) is 16.9 Å². The zero-order chi connectivity index (χ0) is 10.6. The van der Waals surface area contributed by atoms with Crippen molar-refractivity contribution >= 4 is 17.9 Å². The molecule has 1 aromatic rings. The Morgan fingerprint density at radius 3 is 2.93 bits per heavy atom. The highest BCUT2D eigenvalue weighted by molar-refractivity contribution is 6.11. The van der Waals surface area contributed by atoms with Crippen molar-refractivity contribution in [2.24, 2.45) is 0 Å². The molecule has 0 bridgehead atoms. The van der Waals surface area contributed by atoms with E-state index in [2.05, 4.69) is 5.32 Å². The van der Waals surface area contributed by atoms with E-state index in [9.17, 15) is 9.59 Å². The van der Waals surface area contributed by atoms with E-state index in [1.807, 2.05) is 13.0 Å². The Bertz CT molecular complexity index is 512. The molecular formula is C11H9NO3. The van der Waals surface area contributed by atoms with Crippen molar-refractivity contribution in [1.29, 1.82) is 0 Å². The topological polar surface area (TPSA) is 59.3 Å². The third-order valence-corrected chi connectivity index (χ3v) is 2.98. The van der Waals surface area contributed by atoms with Crippen molar-refractivity contribution in [3.05, 3.63) is 29.2 Å². The van der Waals surface area contributed by atoms with Gasteiger partial charge in [0.25, 0.3) is 0 Å². The molecule has 0 saturated carbocycles. The lowest BCUT2D eigenvalue weighted by Crippen LogP contribution is -2.32. The Morgan fingerprint density at radius 1 is 1.47 bits per heavy atom. The molecule has 2 amide bonds. The maximum atomic E-state index is 11.8. The SMILES string of the molecule is Cc1cc2c(o1)C=CC21CC(=O)NC1=O. The van der Waals surface area contributed by atoms with Crippen LogP contribution in [0, 0.1) is 6.92 Å². The molecule has 1 aromatic heterocycles. The van der Waals surface area contributed by atoms with Crippen LogP contribution in [0.15, 0.2) is 16.6 Å². The van der Waals surface area contributed by atoms with Crippen molar-refractivity contribution < 1.29 is 14.0 Å². The molecule has 4 nitrogen and oxygen atoms in total. The molecule has 1 saturated heterocycles. The molecule has 1 fully saturated rings. The summed E-state index contributed by atoms with van der Waals surface area (Å²) < 4.78 is 5.42. The van der Waals surface area contributed by atoms with E-state index < -0.39 is 5.41 Å². The number of hydrogen-bond donors (Lipinski definition) is 1. The molecule has 15 heavy (non-hydrogen) atoms. The molecule has 1 N–H and O–H groups in total. The third-order valence-electron chi connectivity index (χ3n) is 2.98. The summed E-state index contributed by atoms with van der Waals surface area (Å²) in [7, 11) is 0. The van der Waals surface area contributed by atoms with Crippen LogP contribution in [0.3, 0.4) is 0 Å². The van der Waals surface area contributed by atoms with Gasteiger partial charge in [0, 0.05) is 12.0 Å². The molecule has 1 unspecified atom stereocenters.